The number of esters is 1. The van der Waals surface area contributed by atoms with Crippen molar-refractivity contribution >= 4 is 32.6 Å². The molecule has 1 aliphatic rings. The van der Waals surface area contributed by atoms with Crippen molar-refractivity contribution in [3.63, 3.8) is 0 Å². The monoisotopic (exact) mass is 476 g/mol. The average Bonchev–Trinajstić information content (AvgIpc) is 3.20. The maximum Gasteiger partial charge on any atom is 0.339 e. The highest BCUT2D eigenvalue weighted by atomic mass is 32.2. The Hall–Kier alpha value is -4.05. The maximum atomic E-state index is 13.4. The normalized spacial score (nSPS) is 15.3. The van der Waals surface area contributed by atoms with Crippen LogP contribution in [0.5, 0.6) is 0 Å². The van der Waals surface area contributed by atoms with E-state index >= 15 is 0 Å². The van der Waals surface area contributed by atoms with Crippen LogP contribution < -0.4 is 9.86 Å². The molecule has 1 unspecified atom stereocenters. The van der Waals surface area contributed by atoms with Gasteiger partial charge in [0.05, 0.1) is 21.5 Å². The fourth-order valence-electron chi connectivity index (χ4n) is 4.11. The molecule has 0 aliphatic carbocycles. The van der Waals surface area contributed by atoms with Crippen molar-refractivity contribution < 1.29 is 17.9 Å². The molecule has 5 rings (SSSR count). The van der Waals surface area contributed by atoms with Gasteiger partial charge in [0.2, 0.25) is 0 Å². The summed E-state index contributed by atoms with van der Waals surface area (Å²) in [5.74, 6) is -0.784. The standard InChI is InChI=1S/C24H20N4O5S/c1-16-13-17-7-2-5-12-22(17)28(16)34(31,32)19-9-6-8-18(14-19)24(30)33-15-27-23(29)20-10-3-4-11-21(20)25-26-27/h2-12,14,16H,13,15H2,1H3. The van der Waals surface area contributed by atoms with Gasteiger partial charge in [0, 0.05) is 6.04 Å². The summed E-state index contributed by atoms with van der Waals surface area (Å²) >= 11 is 0. The lowest BCUT2D eigenvalue weighted by Crippen LogP contribution is -2.35. The molecule has 1 atom stereocenters. The predicted molar refractivity (Wildman–Crippen MR) is 125 cm³/mol. The van der Waals surface area contributed by atoms with Gasteiger partial charge >= 0.3 is 5.97 Å². The summed E-state index contributed by atoms with van der Waals surface area (Å²) in [6.07, 6.45) is 0.610. The summed E-state index contributed by atoms with van der Waals surface area (Å²) in [5, 5.41) is 8.08. The summed E-state index contributed by atoms with van der Waals surface area (Å²) in [4.78, 5) is 25.2. The summed E-state index contributed by atoms with van der Waals surface area (Å²) in [5.41, 5.74) is 1.62. The summed E-state index contributed by atoms with van der Waals surface area (Å²) in [6.45, 7) is 1.39. The SMILES string of the molecule is CC1Cc2ccccc2N1S(=O)(=O)c1cccc(C(=O)OCn2nnc3ccccc3c2=O)c1. The number of nitrogens with zero attached hydrogens (tertiary/aromatic N) is 4. The molecule has 0 saturated carbocycles. The molecule has 0 saturated heterocycles. The summed E-state index contributed by atoms with van der Waals surface area (Å²) < 4.78 is 34.4. The van der Waals surface area contributed by atoms with Crippen molar-refractivity contribution in [1.82, 2.24) is 15.0 Å². The van der Waals surface area contributed by atoms with E-state index in [1.165, 1.54) is 28.6 Å². The van der Waals surface area contributed by atoms with Crippen LogP contribution in [0.15, 0.2) is 82.5 Å². The number of anilines is 1. The predicted octanol–water partition coefficient (Wildman–Crippen LogP) is 2.75. The number of ether oxygens (including phenoxy) is 1. The number of sulfonamides is 1. The summed E-state index contributed by atoms with van der Waals surface area (Å²) in [7, 11) is -3.91. The number of para-hydroxylation sites is 1. The van der Waals surface area contributed by atoms with E-state index in [9.17, 15) is 18.0 Å². The highest BCUT2D eigenvalue weighted by Crippen LogP contribution is 2.36. The first-order chi connectivity index (χ1) is 16.4. The first-order valence-electron chi connectivity index (χ1n) is 10.6. The lowest BCUT2D eigenvalue weighted by Gasteiger charge is -2.24. The molecule has 0 radical (unpaired) electrons. The second-order valence-corrected chi connectivity index (χ2v) is 9.80. The lowest BCUT2D eigenvalue weighted by molar-refractivity contribution is 0.0336. The van der Waals surface area contributed by atoms with Gasteiger partial charge in [-0.1, -0.05) is 41.6 Å². The molecule has 34 heavy (non-hydrogen) atoms. The van der Waals surface area contributed by atoms with E-state index in [4.69, 9.17) is 4.74 Å². The van der Waals surface area contributed by atoms with Gasteiger partial charge < -0.3 is 4.74 Å². The van der Waals surface area contributed by atoms with Crippen LogP contribution in [0.25, 0.3) is 10.9 Å². The Morgan fingerprint density at radius 2 is 1.82 bits per heavy atom. The first-order valence-corrected chi connectivity index (χ1v) is 12.0. The van der Waals surface area contributed by atoms with Gasteiger partial charge in [0.1, 0.15) is 5.52 Å². The van der Waals surface area contributed by atoms with E-state index in [-0.39, 0.29) is 16.5 Å². The van der Waals surface area contributed by atoms with Crippen molar-refractivity contribution in [2.75, 3.05) is 4.31 Å². The number of hydrogen-bond donors (Lipinski definition) is 0. The van der Waals surface area contributed by atoms with E-state index in [1.54, 1.807) is 36.4 Å². The van der Waals surface area contributed by atoms with Crippen molar-refractivity contribution in [3.8, 4) is 0 Å². The highest BCUT2D eigenvalue weighted by molar-refractivity contribution is 7.92. The molecule has 10 heteroatoms. The van der Waals surface area contributed by atoms with E-state index < -0.39 is 28.3 Å². The van der Waals surface area contributed by atoms with Crippen LogP contribution in [-0.2, 0) is 27.9 Å². The zero-order valence-corrected chi connectivity index (χ0v) is 19.0. The molecule has 0 bridgehead atoms. The molecule has 3 aromatic carbocycles. The smallest absolute Gasteiger partial charge is 0.339 e. The van der Waals surface area contributed by atoms with Gasteiger partial charge in [-0.3, -0.25) is 9.10 Å². The summed E-state index contributed by atoms with van der Waals surface area (Å²) in [6, 6.07) is 19.5. The minimum absolute atomic E-state index is 0.0202. The van der Waals surface area contributed by atoms with Gasteiger partial charge in [0.15, 0.2) is 6.73 Å². The maximum absolute atomic E-state index is 13.4. The molecule has 0 N–H and O–H groups in total. The van der Waals surface area contributed by atoms with Crippen LogP contribution in [0.2, 0.25) is 0 Å². The van der Waals surface area contributed by atoms with Gasteiger partial charge in [-0.15, -0.1) is 5.10 Å². The van der Waals surface area contributed by atoms with E-state index in [0.717, 1.165) is 10.2 Å². The lowest BCUT2D eigenvalue weighted by atomic mass is 10.1. The molecule has 0 amide bonds. The number of rotatable bonds is 5. The number of fused-ring (bicyclic) bond motifs is 2. The van der Waals surface area contributed by atoms with Gasteiger partial charge in [-0.05, 0) is 55.3 Å². The molecular formula is C24H20N4O5S. The molecule has 1 aromatic heterocycles. The van der Waals surface area contributed by atoms with E-state index in [2.05, 4.69) is 10.3 Å². The van der Waals surface area contributed by atoms with Crippen molar-refractivity contribution in [1.29, 1.82) is 0 Å². The average molecular weight is 477 g/mol. The van der Waals surface area contributed by atoms with Gasteiger partial charge in [-0.25, -0.2) is 13.2 Å². The van der Waals surface area contributed by atoms with Crippen molar-refractivity contribution in [3.05, 3.63) is 94.3 Å². The molecule has 1 aliphatic heterocycles. The largest absolute Gasteiger partial charge is 0.439 e. The van der Waals surface area contributed by atoms with Crippen molar-refractivity contribution in [2.45, 2.75) is 31.0 Å². The molecule has 9 nitrogen and oxygen atoms in total. The van der Waals surface area contributed by atoms with Crippen molar-refractivity contribution in [2.24, 2.45) is 0 Å². The Kier molecular flexibility index (Phi) is 5.37. The topological polar surface area (TPSA) is 111 Å². The molecular weight excluding hydrogens is 456 g/mol. The fraction of sp³-hybridized carbons (Fsp3) is 0.167. The van der Waals surface area contributed by atoms with Crippen LogP contribution in [0, 0.1) is 0 Å². The van der Waals surface area contributed by atoms with Crippen LogP contribution in [0.3, 0.4) is 0 Å². The number of benzene rings is 3. The Labute approximate surface area is 195 Å². The number of carbonyl (C=O) groups excluding carboxylic acids is 1. The Morgan fingerprint density at radius 1 is 1.06 bits per heavy atom. The van der Waals surface area contributed by atoms with E-state index in [1.807, 2.05) is 19.1 Å². The minimum Gasteiger partial charge on any atom is -0.439 e. The van der Waals surface area contributed by atoms with Crippen LogP contribution in [-0.4, -0.2) is 35.4 Å². The Morgan fingerprint density at radius 3 is 2.68 bits per heavy atom. The molecule has 4 aromatic rings. The van der Waals surface area contributed by atoms with Crippen LogP contribution in [0.4, 0.5) is 5.69 Å². The molecule has 0 fully saturated rings. The van der Waals surface area contributed by atoms with E-state index in [0.29, 0.717) is 23.0 Å². The number of carbonyl (C=O) groups is 1. The number of hydrogen-bond acceptors (Lipinski definition) is 7. The zero-order chi connectivity index (χ0) is 23.9. The molecule has 0 spiro atoms. The zero-order valence-electron chi connectivity index (χ0n) is 18.2. The molecule has 2 heterocycles. The minimum atomic E-state index is -3.91. The first kappa shape index (κ1) is 21.8. The Balaban J connectivity index is 1.39. The third-order valence-electron chi connectivity index (χ3n) is 5.72. The third kappa shape index (κ3) is 3.71. The number of aromatic nitrogens is 3. The van der Waals surface area contributed by atoms with Gasteiger partial charge in [-0.2, -0.15) is 4.68 Å². The second kappa shape index (κ2) is 8.38. The second-order valence-electron chi connectivity index (χ2n) is 7.98. The van der Waals surface area contributed by atoms with Crippen LogP contribution >= 0.6 is 0 Å². The Bertz CT molecular complexity index is 1580. The molecule has 172 valence electrons. The quantitative estimate of drug-likeness (QED) is 0.407. The fourth-order valence-corrected chi connectivity index (χ4v) is 5.85. The third-order valence-corrected chi connectivity index (χ3v) is 7.64. The van der Waals surface area contributed by atoms with Crippen LogP contribution in [0.1, 0.15) is 22.8 Å². The highest BCUT2D eigenvalue weighted by Gasteiger charge is 2.36. The van der Waals surface area contributed by atoms with Gasteiger partial charge in [0.25, 0.3) is 15.6 Å².